The van der Waals surface area contributed by atoms with Gasteiger partial charge in [0.1, 0.15) is 5.76 Å². The first-order valence-corrected chi connectivity index (χ1v) is 5.84. The van der Waals surface area contributed by atoms with Gasteiger partial charge in [0.25, 0.3) is 0 Å². The SMILES string of the molecule is CCn1nc(C)cc1CNCc1ncc(C)o1. The van der Waals surface area contributed by atoms with E-state index in [-0.39, 0.29) is 0 Å². The maximum absolute atomic E-state index is 5.39. The Labute approximate surface area is 101 Å². The summed E-state index contributed by atoms with van der Waals surface area (Å²) in [6.07, 6.45) is 1.73. The molecule has 0 unspecified atom stereocenters. The van der Waals surface area contributed by atoms with E-state index in [4.69, 9.17) is 4.42 Å². The lowest BCUT2D eigenvalue weighted by molar-refractivity contribution is 0.445. The molecule has 2 aromatic heterocycles. The molecule has 92 valence electrons. The molecule has 0 radical (unpaired) electrons. The number of nitrogens with one attached hydrogen (secondary N) is 1. The van der Waals surface area contributed by atoms with Gasteiger partial charge in [0.05, 0.1) is 24.1 Å². The Morgan fingerprint density at radius 1 is 1.35 bits per heavy atom. The van der Waals surface area contributed by atoms with Crippen LogP contribution in [0.25, 0.3) is 0 Å². The number of hydrogen-bond donors (Lipinski definition) is 1. The van der Waals surface area contributed by atoms with Gasteiger partial charge in [-0.3, -0.25) is 4.68 Å². The van der Waals surface area contributed by atoms with Gasteiger partial charge in [0.15, 0.2) is 0 Å². The van der Waals surface area contributed by atoms with E-state index in [0.717, 1.165) is 30.4 Å². The third-order valence-electron chi connectivity index (χ3n) is 2.54. The van der Waals surface area contributed by atoms with Crippen molar-refractivity contribution >= 4 is 0 Å². The van der Waals surface area contributed by atoms with E-state index in [9.17, 15) is 0 Å². The maximum Gasteiger partial charge on any atom is 0.208 e. The Morgan fingerprint density at radius 2 is 2.18 bits per heavy atom. The number of aryl methyl sites for hydroxylation is 3. The van der Waals surface area contributed by atoms with Gasteiger partial charge in [-0.2, -0.15) is 5.10 Å². The molecule has 2 aromatic rings. The van der Waals surface area contributed by atoms with Crippen LogP contribution in [0.15, 0.2) is 16.7 Å². The smallest absolute Gasteiger partial charge is 0.208 e. The predicted molar refractivity (Wildman–Crippen MR) is 64.4 cm³/mol. The summed E-state index contributed by atoms with van der Waals surface area (Å²) in [7, 11) is 0. The van der Waals surface area contributed by atoms with Crippen molar-refractivity contribution in [3.8, 4) is 0 Å². The van der Waals surface area contributed by atoms with E-state index in [0.29, 0.717) is 6.54 Å². The molecular weight excluding hydrogens is 216 g/mol. The Hall–Kier alpha value is -1.62. The lowest BCUT2D eigenvalue weighted by atomic mass is 10.3. The minimum absolute atomic E-state index is 0.641. The number of oxazole rings is 1. The maximum atomic E-state index is 5.39. The standard InChI is InChI=1S/C12H18N4O/c1-4-16-11(5-9(2)15-16)7-13-8-12-14-6-10(3)17-12/h5-6,13H,4,7-8H2,1-3H3. The summed E-state index contributed by atoms with van der Waals surface area (Å²) in [6, 6.07) is 2.09. The summed E-state index contributed by atoms with van der Waals surface area (Å²) in [5.74, 6) is 1.57. The van der Waals surface area contributed by atoms with Gasteiger partial charge >= 0.3 is 0 Å². The Kier molecular flexibility index (Phi) is 3.58. The fourth-order valence-corrected chi connectivity index (χ4v) is 1.80. The molecule has 0 bridgehead atoms. The van der Waals surface area contributed by atoms with Gasteiger partial charge in [-0.05, 0) is 26.8 Å². The molecule has 5 nitrogen and oxygen atoms in total. The third-order valence-corrected chi connectivity index (χ3v) is 2.54. The monoisotopic (exact) mass is 234 g/mol. The largest absolute Gasteiger partial charge is 0.445 e. The van der Waals surface area contributed by atoms with E-state index < -0.39 is 0 Å². The van der Waals surface area contributed by atoms with Crippen LogP contribution >= 0.6 is 0 Å². The molecule has 0 saturated heterocycles. The van der Waals surface area contributed by atoms with Gasteiger partial charge < -0.3 is 9.73 Å². The molecule has 0 saturated carbocycles. The zero-order valence-corrected chi connectivity index (χ0v) is 10.5. The Bertz CT molecular complexity index is 486. The van der Waals surface area contributed by atoms with Crippen molar-refractivity contribution in [2.75, 3.05) is 0 Å². The molecule has 0 aliphatic carbocycles. The summed E-state index contributed by atoms with van der Waals surface area (Å²) >= 11 is 0. The normalized spacial score (nSPS) is 11.0. The first-order valence-electron chi connectivity index (χ1n) is 5.84. The van der Waals surface area contributed by atoms with Crippen LogP contribution < -0.4 is 5.32 Å². The van der Waals surface area contributed by atoms with E-state index >= 15 is 0 Å². The van der Waals surface area contributed by atoms with Crippen LogP contribution in [0.5, 0.6) is 0 Å². The molecule has 0 aromatic carbocycles. The molecular formula is C12H18N4O. The average molecular weight is 234 g/mol. The molecule has 0 amide bonds. The highest BCUT2D eigenvalue weighted by Crippen LogP contribution is 2.05. The van der Waals surface area contributed by atoms with E-state index in [1.54, 1.807) is 6.20 Å². The summed E-state index contributed by atoms with van der Waals surface area (Å²) in [5, 5.41) is 7.70. The minimum Gasteiger partial charge on any atom is -0.445 e. The van der Waals surface area contributed by atoms with Crippen molar-refractivity contribution in [3.63, 3.8) is 0 Å². The van der Waals surface area contributed by atoms with Crippen molar-refractivity contribution in [3.05, 3.63) is 35.3 Å². The van der Waals surface area contributed by atoms with Crippen molar-refractivity contribution in [2.24, 2.45) is 0 Å². The number of aromatic nitrogens is 3. The van der Waals surface area contributed by atoms with Gasteiger partial charge in [0, 0.05) is 13.1 Å². The van der Waals surface area contributed by atoms with Gasteiger partial charge in [-0.15, -0.1) is 0 Å². The fraction of sp³-hybridized carbons (Fsp3) is 0.500. The predicted octanol–water partition coefficient (Wildman–Crippen LogP) is 1.80. The molecule has 0 aliphatic heterocycles. The number of nitrogens with zero attached hydrogens (tertiary/aromatic N) is 3. The second-order valence-corrected chi connectivity index (χ2v) is 4.06. The fourth-order valence-electron chi connectivity index (χ4n) is 1.80. The van der Waals surface area contributed by atoms with Crippen molar-refractivity contribution in [2.45, 2.75) is 40.4 Å². The van der Waals surface area contributed by atoms with Gasteiger partial charge in [0.2, 0.25) is 5.89 Å². The van der Waals surface area contributed by atoms with Crippen LogP contribution in [0.3, 0.4) is 0 Å². The lowest BCUT2D eigenvalue weighted by Crippen LogP contribution is -2.16. The summed E-state index contributed by atoms with van der Waals surface area (Å²) in [5.41, 5.74) is 2.24. The summed E-state index contributed by atoms with van der Waals surface area (Å²) in [6.45, 7) is 8.30. The summed E-state index contributed by atoms with van der Waals surface area (Å²) in [4.78, 5) is 4.14. The highest BCUT2D eigenvalue weighted by molar-refractivity contribution is 5.08. The molecule has 5 heteroatoms. The highest BCUT2D eigenvalue weighted by Gasteiger charge is 2.04. The Balaban J connectivity index is 1.89. The van der Waals surface area contributed by atoms with Crippen molar-refractivity contribution in [1.82, 2.24) is 20.1 Å². The minimum atomic E-state index is 0.641. The molecule has 1 N–H and O–H groups in total. The van der Waals surface area contributed by atoms with E-state index in [2.05, 4.69) is 28.4 Å². The van der Waals surface area contributed by atoms with Crippen molar-refractivity contribution in [1.29, 1.82) is 0 Å². The van der Waals surface area contributed by atoms with Crippen LogP contribution in [-0.4, -0.2) is 14.8 Å². The summed E-state index contributed by atoms with van der Waals surface area (Å²) < 4.78 is 7.39. The van der Waals surface area contributed by atoms with Crippen LogP contribution in [-0.2, 0) is 19.6 Å². The van der Waals surface area contributed by atoms with Gasteiger partial charge in [-0.25, -0.2) is 4.98 Å². The number of rotatable bonds is 5. The van der Waals surface area contributed by atoms with Crippen molar-refractivity contribution < 1.29 is 4.42 Å². The first kappa shape index (κ1) is 11.9. The highest BCUT2D eigenvalue weighted by atomic mass is 16.4. The zero-order valence-electron chi connectivity index (χ0n) is 10.5. The topological polar surface area (TPSA) is 55.9 Å². The van der Waals surface area contributed by atoms with Crippen LogP contribution in [0.1, 0.15) is 30.0 Å². The zero-order chi connectivity index (χ0) is 12.3. The van der Waals surface area contributed by atoms with Crippen LogP contribution in [0.2, 0.25) is 0 Å². The van der Waals surface area contributed by atoms with Gasteiger partial charge in [-0.1, -0.05) is 0 Å². The molecule has 0 spiro atoms. The average Bonchev–Trinajstić information content (AvgIpc) is 2.85. The molecule has 0 atom stereocenters. The van der Waals surface area contributed by atoms with Crippen LogP contribution in [0, 0.1) is 13.8 Å². The third kappa shape index (κ3) is 2.94. The first-order chi connectivity index (χ1) is 8.19. The lowest BCUT2D eigenvalue weighted by Gasteiger charge is -2.04. The number of hydrogen-bond acceptors (Lipinski definition) is 4. The second-order valence-electron chi connectivity index (χ2n) is 4.06. The van der Waals surface area contributed by atoms with E-state index in [1.807, 2.05) is 18.5 Å². The molecule has 17 heavy (non-hydrogen) atoms. The molecule has 0 fully saturated rings. The molecule has 2 heterocycles. The van der Waals surface area contributed by atoms with E-state index in [1.165, 1.54) is 5.69 Å². The molecule has 2 rings (SSSR count). The second kappa shape index (κ2) is 5.14. The quantitative estimate of drug-likeness (QED) is 0.857. The van der Waals surface area contributed by atoms with Crippen LogP contribution in [0.4, 0.5) is 0 Å². The molecule has 0 aliphatic rings. The Morgan fingerprint density at radius 3 is 2.82 bits per heavy atom.